The molecule has 2 saturated heterocycles. The van der Waals surface area contributed by atoms with Gasteiger partial charge in [0.1, 0.15) is 5.75 Å². The lowest BCUT2D eigenvalue weighted by molar-refractivity contribution is -0.384. The monoisotopic (exact) mass is 493 g/mol. The third-order valence-corrected chi connectivity index (χ3v) is 7.45. The Kier molecular flexibility index (Phi) is 5.57. The Balaban J connectivity index is 1.65. The van der Waals surface area contributed by atoms with E-state index in [1.807, 2.05) is 36.1 Å². The number of hydrogen-bond acceptors (Lipinski definition) is 8. The van der Waals surface area contributed by atoms with Crippen LogP contribution < -0.4 is 14.5 Å². The number of nitro benzene ring substituents is 1. The van der Waals surface area contributed by atoms with Gasteiger partial charge in [-0.15, -0.1) is 0 Å². The molecule has 11 heteroatoms. The lowest BCUT2D eigenvalue weighted by Gasteiger charge is -2.56. The zero-order valence-corrected chi connectivity index (χ0v) is 20.3. The van der Waals surface area contributed by atoms with E-state index in [2.05, 4.69) is 4.90 Å². The van der Waals surface area contributed by atoms with Crippen LogP contribution in [0.2, 0.25) is 0 Å². The number of benzene rings is 2. The summed E-state index contributed by atoms with van der Waals surface area (Å²) in [5.74, 6) is -0.481. The quantitative estimate of drug-likeness (QED) is 0.362. The number of nitrogens with zero attached hydrogens (tertiary/aromatic N) is 5. The molecule has 1 spiro atoms. The van der Waals surface area contributed by atoms with Crippen molar-refractivity contribution in [3.8, 4) is 5.75 Å². The number of amides is 4. The van der Waals surface area contributed by atoms with Gasteiger partial charge in [0.2, 0.25) is 11.8 Å². The average molecular weight is 494 g/mol. The standard InChI is InChI=1S/C25H27N5O6/c1-4-36-20-8-6-5-7-19(20)28-11-12-29-18-10-9-17(30(34)35)13-16(18)14-25(21(29)15-28)22(31)26(2)24(33)27(3)23(25)32/h5-10,13,21H,4,11-12,14-15H2,1-3H3. The predicted octanol–water partition coefficient (Wildman–Crippen LogP) is 2.28. The Morgan fingerprint density at radius 3 is 2.39 bits per heavy atom. The Labute approximate surface area is 208 Å². The van der Waals surface area contributed by atoms with Gasteiger partial charge in [-0.3, -0.25) is 29.5 Å². The molecule has 3 aliphatic rings. The Morgan fingerprint density at radius 1 is 1.03 bits per heavy atom. The highest BCUT2D eigenvalue weighted by Gasteiger charge is 2.64. The molecule has 1 unspecified atom stereocenters. The van der Waals surface area contributed by atoms with Crippen LogP contribution in [0.4, 0.5) is 21.9 Å². The van der Waals surface area contributed by atoms with Crippen molar-refractivity contribution in [3.05, 3.63) is 58.1 Å². The molecule has 2 fully saturated rings. The van der Waals surface area contributed by atoms with Gasteiger partial charge in [0, 0.05) is 58.0 Å². The molecule has 0 aromatic heterocycles. The maximum atomic E-state index is 13.8. The molecule has 36 heavy (non-hydrogen) atoms. The Hall–Kier alpha value is -4.15. The molecule has 3 heterocycles. The molecule has 0 radical (unpaired) electrons. The van der Waals surface area contributed by atoms with Crippen LogP contribution in [0.1, 0.15) is 12.5 Å². The molecule has 3 aliphatic heterocycles. The van der Waals surface area contributed by atoms with Crippen LogP contribution in [0.15, 0.2) is 42.5 Å². The molecule has 0 N–H and O–H groups in total. The number of imide groups is 2. The van der Waals surface area contributed by atoms with Gasteiger partial charge < -0.3 is 14.5 Å². The van der Waals surface area contributed by atoms with Gasteiger partial charge in [-0.25, -0.2) is 4.79 Å². The summed E-state index contributed by atoms with van der Waals surface area (Å²) >= 11 is 0. The smallest absolute Gasteiger partial charge is 0.332 e. The number of fused-ring (bicyclic) bond motifs is 4. The predicted molar refractivity (Wildman–Crippen MR) is 131 cm³/mol. The molecular formula is C25H27N5O6. The summed E-state index contributed by atoms with van der Waals surface area (Å²) in [7, 11) is 2.74. The number of rotatable bonds is 4. The number of urea groups is 1. The molecule has 2 aromatic rings. The highest BCUT2D eigenvalue weighted by Crippen LogP contribution is 2.48. The van der Waals surface area contributed by atoms with Gasteiger partial charge in [-0.2, -0.15) is 0 Å². The van der Waals surface area contributed by atoms with Gasteiger partial charge in [-0.1, -0.05) is 12.1 Å². The second-order valence-electron chi connectivity index (χ2n) is 9.29. The van der Waals surface area contributed by atoms with Crippen molar-refractivity contribution in [1.29, 1.82) is 0 Å². The van der Waals surface area contributed by atoms with Crippen molar-refractivity contribution in [2.75, 3.05) is 50.1 Å². The molecule has 0 bridgehead atoms. The summed E-state index contributed by atoms with van der Waals surface area (Å²) in [4.78, 5) is 57.3. The van der Waals surface area contributed by atoms with E-state index < -0.39 is 34.2 Å². The van der Waals surface area contributed by atoms with Crippen LogP contribution in [0.25, 0.3) is 0 Å². The van der Waals surface area contributed by atoms with Crippen LogP contribution in [0.5, 0.6) is 5.75 Å². The minimum absolute atomic E-state index is 0.0360. The number of anilines is 2. The normalized spacial score (nSPS) is 21.0. The first-order valence-corrected chi connectivity index (χ1v) is 11.8. The molecule has 0 saturated carbocycles. The number of nitro groups is 1. The first-order valence-electron chi connectivity index (χ1n) is 11.8. The fraction of sp³-hybridized carbons (Fsp3) is 0.400. The summed E-state index contributed by atoms with van der Waals surface area (Å²) in [5.41, 5.74) is 0.439. The van der Waals surface area contributed by atoms with E-state index in [-0.39, 0.29) is 12.1 Å². The lowest BCUT2D eigenvalue weighted by atomic mass is 9.67. The van der Waals surface area contributed by atoms with Crippen molar-refractivity contribution in [2.24, 2.45) is 5.41 Å². The van der Waals surface area contributed by atoms with Crippen LogP contribution in [-0.2, 0) is 16.0 Å². The summed E-state index contributed by atoms with van der Waals surface area (Å²) in [6.45, 7) is 3.78. The highest BCUT2D eigenvalue weighted by molar-refractivity contribution is 6.20. The topological polar surface area (TPSA) is 117 Å². The zero-order chi connectivity index (χ0) is 25.8. The minimum atomic E-state index is -1.61. The van der Waals surface area contributed by atoms with E-state index in [0.717, 1.165) is 21.2 Å². The van der Waals surface area contributed by atoms with Crippen molar-refractivity contribution >= 4 is 34.9 Å². The Bertz CT molecular complexity index is 1260. The fourth-order valence-electron chi connectivity index (χ4n) is 5.76. The van der Waals surface area contributed by atoms with Gasteiger partial charge in [0.05, 0.1) is 23.3 Å². The van der Waals surface area contributed by atoms with E-state index in [0.29, 0.717) is 37.6 Å². The summed E-state index contributed by atoms with van der Waals surface area (Å²) in [6, 6.07) is 10.9. The van der Waals surface area contributed by atoms with Crippen LogP contribution in [0.3, 0.4) is 0 Å². The molecule has 1 atom stereocenters. The third-order valence-electron chi connectivity index (χ3n) is 7.45. The van der Waals surface area contributed by atoms with Gasteiger partial charge in [-0.05, 0) is 30.7 Å². The lowest BCUT2D eigenvalue weighted by Crippen LogP contribution is -2.74. The van der Waals surface area contributed by atoms with Gasteiger partial charge in [0.15, 0.2) is 5.41 Å². The van der Waals surface area contributed by atoms with E-state index in [1.165, 1.54) is 26.2 Å². The highest BCUT2D eigenvalue weighted by atomic mass is 16.6. The van der Waals surface area contributed by atoms with Crippen LogP contribution in [-0.4, -0.2) is 78.9 Å². The number of ether oxygens (including phenoxy) is 1. The fourth-order valence-corrected chi connectivity index (χ4v) is 5.76. The first kappa shape index (κ1) is 23.6. The maximum absolute atomic E-state index is 13.8. The second kappa shape index (κ2) is 8.51. The van der Waals surface area contributed by atoms with Crippen molar-refractivity contribution in [2.45, 2.75) is 19.4 Å². The molecule has 5 rings (SSSR count). The van der Waals surface area contributed by atoms with E-state index >= 15 is 0 Å². The van der Waals surface area contributed by atoms with Crippen molar-refractivity contribution in [1.82, 2.24) is 9.80 Å². The van der Waals surface area contributed by atoms with E-state index in [4.69, 9.17) is 4.74 Å². The van der Waals surface area contributed by atoms with Crippen molar-refractivity contribution in [3.63, 3.8) is 0 Å². The molecule has 11 nitrogen and oxygen atoms in total. The molecule has 0 aliphatic carbocycles. The largest absolute Gasteiger partial charge is 0.492 e. The van der Waals surface area contributed by atoms with Crippen LogP contribution in [0, 0.1) is 15.5 Å². The van der Waals surface area contributed by atoms with E-state index in [1.54, 1.807) is 6.07 Å². The van der Waals surface area contributed by atoms with Crippen molar-refractivity contribution < 1.29 is 24.0 Å². The number of barbiturate groups is 1. The zero-order valence-electron chi connectivity index (χ0n) is 20.3. The van der Waals surface area contributed by atoms with Gasteiger partial charge in [0.25, 0.3) is 5.69 Å². The first-order chi connectivity index (χ1) is 17.2. The number of carbonyl (C=O) groups is 3. The number of non-ortho nitro benzene ring substituents is 1. The molecule has 2 aromatic carbocycles. The number of piperazine rings is 1. The number of hydrogen-bond donors (Lipinski definition) is 0. The van der Waals surface area contributed by atoms with Gasteiger partial charge >= 0.3 is 6.03 Å². The molecule has 4 amide bonds. The van der Waals surface area contributed by atoms with Crippen LogP contribution >= 0.6 is 0 Å². The minimum Gasteiger partial charge on any atom is -0.492 e. The number of para-hydroxylation sites is 2. The summed E-state index contributed by atoms with van der Waals surface area (Å²) < 4.78 is 5.83. The van der Waals surface area contributed by atoms with E-state index in [9.17, 15) is 24.5 Å². The maximum Gasteiger partial charge on any atom is 0.332 e. The average Bonchev–Trinajstić information content (AvgIpc) is 2.89. The third kappa shape index (κ3) is 3.29. The Morgan fingerprint density at radius 2 is 1.72 bits per heavy atom. The summed E-state index contributed by atoms with van der Waals surface area (Å²) in [5, 5.41) is 11.5. The second-order valence-corrected chi connectivity index (χ2v) is 9.29. The SMILES string of the molecule is CCOc1ccccc1N1CCN2c3ccc([N+](=O)[O-])cc3CC3(C(=O)N(C)C(=O)N(C)C3=O)C2C1. The molecular weight excluding hydrogens is 466 g/mol. The summed E-state index contributed by atoms with van der Waals surface area (Å²) in [6.07, 6.45) is -0.0360. The molecule has 188 valence electrons. The number of carbonyl (C=O) groups excluding carboxylic acids is 3.